The van der Waals surface area contributed by atoms with Crippen molar-refractivity contribution in [2.24, 2.45) is 5.10 Å². The normalized spacial score (nSPS) is 11.3. The van der Waals surface area contributed by atoms with Crippen LogP contribution >= 0.6 is 11.3 Å². The second kappa shape index (κ2) is 5.40. The van der Waals surface area contributed by atoms with Gasteiger partial charge in [0, 0.05) is 4.88 Å². The molecule has 0 unspecified atom stereocenters. The molecule has 2 rings (SSSR count). The number of thiophene rings is 1. The third kappa shape index (κ3) is 2.83. The second-order valence-electron chi connectivity index (χ2n) is 3.50. The minimum absolute atomic E-state index is 0.0339. The molecule has 3 N–H and O–H groups in total. The number of rotatable bonds is 4. The highest BCUT2D eigenvalue weighted by molar-refractivity contribution is 7.12. The number of nitrogens with zero attached hydrogens (tertiary/aromatic N) is 4. The summed E-state index contributed by atoms with van der Waals surface area (Å²) in [4.78, 5) is 18.5. The minimum atomic E-state index is -0.645. The Bertz CT molecular complexity index is 625. The molecule has 98 valence electrons. The van der Waals surface area contributed by atoms with Crippen molar-refractivity contribution >= 4 is 34.4 Å². The molecule has 19 heavy (non-hydrogen) atoms. The van der Waals surface area contributed by atoms with Crippen LogP contribution in [0.5, 0.6) is 0 Å². The molecule has 0 spiro atoms. The van der Waals surface area contributed by atoms with Crippen LogP contribution in [0.15, 0.2) is 28.9 Å². The molecule has 0 fully saturated rings. The van der Waals surface area contributed by atoms with Crippen LogP contribution in [-0.2, 0) is 0 Å². The van der Waals surface area contributed by atoms with Crippen LogP contribution in [0.2, 0.25) is 0 Å². The number of hydrogen-bond acceptors (Lipinski definition) is 8. The van der Waals surface area contributed by atoms with E-state index in [0.717, 1.165) is 11.2 Å². The van der Waals surface area contributed by atoms with Gasteiger partial charge in [-0.25, -0.2) is 9.97 Å². The summed E-state index contributed by atoms with van der Waals surface area (Å²) in [5.74, 6) is -0.236. The van der Waals surface area contributed by atoms with Crippen LogP contribution < -0.4 is 11.2 Å². The summed E-state index contributed by atoms with van der Waals surface area (Å²) in [5.41, 5.74) is 8.30. The lowest BCUT2D eigenvalue weighted by atomic mass is 10.3. The number of nitrogens with two attached hydrogens (primary N) is 1. The number of aromatic nitrogens is 2. The van der Waals surface area contributed by atoms with Crippen LogP contribution in [0.1, 0.15) is 11.8 Å². The Morgan fingerprint density at radius 2 is 2.37 bits per heavy atom. The first kappa shape index (κ1) is 12.9. The summed E-state index contributed by atoms with van der Waals surface area (Å²) in [5, 5.41) is 16.8. The van der Waals surface area contributed by atoms with E-state index in [9.17, 15) is 10.1 Å². The van der Waals surface area contributed by atoms with E-state index in [2.05, 4.69) is 20.5 Å². The number of hydrazone groups is 1. The van der Waals surface area contributed by atoms with Crippen molar-refractivity contribution in [3.05, 3.63) is 38.8 Å². The Kier molecular flexibility index (Phi) is 3.66. The molecule has 2 aromatic rings. The fourth-order valence-corrected chi connectivity index (χ4v) is 2.01. The smallest absolute Gasteiger partial charge is 0.354 e. The van der Waals surface area contributed by atoms with Crippen molar-refractivity contribution in [1.29, 1.82) is 0 Å². The quantitative estimate of drug-likeness (QED) is 0.500. The van der Waals surface area contributed by atoms with Crippen LogP contribution in [0, 0.1) is 10.1 Å². The molecule has 0 aromatic carbocycles. The average Bonchev–Trinajstić information content (AvgIpc) is 2.89. The SMILES string of the molecule is C/C(=N\Nc1ncnc(N)c1[N+](=O)[O-])c1cccs1. The predicted octanol–water partition coefficient (Wildman–Crippen LogP) is 1.86. The summed E-state index contributed by atoms with van der Waals surface area (Å²) in [6, 6.07) is 3.79. The molecule has 2 aromatic heterocycles. The van der Waals surface area contributed by atoms with Crippen molar-refractivity contribution in [3.8, 4) is 0 Å². The molecule has 0 bridgehead atoms. The highest BCUT2D eigenvalue weighted by atomic mass is 32.1. The van der Waals surface area contributed by atoms with Gasteiger partial charge in [0.1, 0.15) is 6.33 Å². The van der Waals surface area contributed by atoms with E-state index in [0.29, 0.717) is 5.71 Å². The van der Waals surface area contributed by atoms with Gasteiger partial charge in [-0.15, -0.1) is 11.3 Å². The van der Waals surface area contributed by atoms with Gasteiger partial charge in [0.15, 0.2) is 0 Å². The van der Waals surface area contributed by atoms with Crippen molar-refractivity contribution in [3.63, 3.8) is 0 Å². The number of nitrogens with one attached hydrogen (secondary N) is 1. The van der Waals surface area contributed by atoms with Crippen LogP contribution in [0.4, 0.5) is 17.3 Å². The van der Waals surface area contributed by atoms with E-state index in [1.54, 1.807) is 6.92 Å². The second-order valence-corrected chi connectivity index (χ2v) is 4.45. The number of anilines is 2. The van der Waals surface area contributed by atoms with Crippen molar-refractivity contribution < 1.29 is 4.92 Å². The Labute approximate surface area is 112 Å². The summed E-state index contributed by atoms with van der Waals surface area (Å²) in [7, 11) is 0. The maximum Gasteiger partial charge on any atom is 0.354 e. The zero-order chi connectivity index (χ0) is 13.8. The first-order chi connectivity index (χ1) is 9.09. The molecule has 0 saturated carbocycles. The van der Waals surface area contributed by atoms with E-state index in [-0.39, 0.29) is 17.3 Å². The Hall–Kier alpha value is -2.55. The summed E-state index contributed by atoms with van der Waals surface area (Å²) >= 11 is 1.52. The Morgan fingerprint density at radius 1 is 1.58 bits per heavy atom. The molecule has 0 radical (unpaired) electrons. The Morgan fingerprint density at radius 3 is 3.00 bits per heavy atom. The van der Waals surface area contributed by atoms with Gasteiger partial charge in [-0.3, -0.25) is 15.5 Å². The van der Waals surface area contributed by atoms with Gasteiger partial charge < -0.3 is 5.73 Å². The molecule has 9 heteroatoms. The molecule has 2 heterocycles. The van der Waals surface area contributed by atoms with Gasteiger partial charge >= 0.3 is 5.69 Å². The zero-order valence-electron chi connectivity index (χ0n) is 9.90. The van der Waals surface area contributed by atoms with Crippen LogP contribution in [0.3, 0.4) is 0 Å². The first-order valence-corrected chi connectivity index (χ1v) is 6.06. The molecule has 0 amide bonds. The summed E-state index contributed by atoms with van der Waals surface area (Å²) < 4.78 is 0. The summed E-state index contributed by atoms with van der Waals surface area (Å²) in [6.45, 7) is 1.79. The zero-order valence-corrected chi connectivity index (χ0v) is 10.7. The highest BCUT2D eigenvalue weighted by Crippen LogP contribution is 2.26. The van der Waals surface area contributed by atoms with E-state index >= 15 is 0 Å². The minimum Gasteiger partial charge on any atom is -0.378 e. The van der Waals surface area contributed by atoms with Gasteiger partial charge in [0.2, 0.25) is 11.6 Å². The maximum atomic E-state index is 10.9. The highest BCUT2D eigenvalue weighted by Gasteiger charge is 2.20. The maximum absolute atomic E-state index is 10.9. The Balaban J connectivity index is 2.27. The number of nitrogen functional groups attached to an aromatic ring is 1. The van der Waals surface area contributed by atoms with Gasteiger partial charge in [-0.05, 0) is 18.4 Å². The average molecular weight is 278 g/mol. The lowest BCUT2D eigenvalue weighted by Gasteiger charge is -2.03. The molecule has 0 aliphatic heterocycles. The van der Waals surface area contributed by atoms with Gasteiger partial charge in [0.05, 0.1) is 10.6 Å². The van der Waals surface area contributed by atoms with E-state index in [1.807, 2.05) is 17.5 Å². The molecule has 0 aliphatic rings. The summed E-state index contributed by atoms with van der Waals surface area (Å²) in [6.07, 6.45) is 1.14. The van der Waals surface area contributed by atoms with Gasteiger partial charge in [0.25, 0.3) is 0 Å². The molecule has 0 saturated heterocycles. The lowest BCUT2D eigenvalue weighted by molar-refractivity contribution is -0.383. The standard InChI is InChI=1S/C10H10N6O2S/c1-6(7-3-2-4-19-7)14-15-10-8(16(17)18)9(11)12-5-13-10/h2-5H,1H3,(H3,11,12,13,15)/b14-6+. The third-order valence-corrected chi connectivity index (χ3v) is 3.22. The molecule has 0 atom stereocenters. The fourth-order valence-electron chi connectivity index (χ4n) is 1.33. The molecular formula is C10H10N6O2S. The lowest BCUT2D eigenvalue weighted by Crippen LogP contribution is -2.06. The predicted molar refractivity (Wildman–Crippen MR) is 73.3 cm³/mol. The van der Waals surface area contributed by atoms with Crippen molar-refractivity contribution in [2.75, 3.05) is 11.2 Å². The van der Waals surface area contributed by atoms with Gasteiger partial charge in [-0.2, -0.15) is 5.10 Å². The fraction of sp³-hybridized carbons (Fsp3) is 0.100. The monoisotopic (exact) mass is 278 g/mol. The number of hydrogen-bond donors (Lipinski definition) is 2. The van der Waals surface area contributed by atoms with E-state index in [1.165, 1.54) is 11.3 Å². The third-order valence-electron chi connectivity index (χ3n) is 2.24. The van der Waals surface area contributed by atoms with E-state index < -0.39 is 4.92 Å². The molecule has 0 aliphatic carbocycles. The van der Waals surface area contributed by atoms with Gasteiger partial charge in [-0.1, -0.05) is 6.07 Å². The van der Waals surface area contributed by atoms with Crippen molar-refractivity contribution in [2.45, 2.75) is 6.92 Å². The largest absolute Gasteiger partial charge is 0.378 e. The molecular weight excluding hydrogens is 268 g/mol. The molecule has 8 nitrogen and oxygen atoms in total. The number of nitro groups is 1. The van der Waals surface area contributed by atoms with Crippen LogP contribution in [0.25, 0.3) is 0 Å². The van der Waals surface area contributed by atoms with Crippen molar-refractivity contribution in [1.82, 2.24) is 9.97 Å². The first-order valence-electron chi connectivity index (χ1n) is 5.18. The van der Waals surface area contributed by atoms with Crippen LogP contribution in [-0.4, -0.2) is 20.6 Å². The van der Waals surface area contributed by atoms with E-state index in [4.69, 9.17) is 5.73 Å². The topological polar surface area (TPSA) is 119 Å².